The lowest BCUT2D eigenvalue weighted by Gasteiger charge is -2.33. The van der Waals surface area contributed by atoms with E-state index in [1.807, 2.05) is 0 Å². The molecule has 0 aliphatic carbocycles. The maximum Gasteiger partial charge on any atom is 0.320 e. The molecule has 0 aromatic heterocycles. The average molecular weight is 338 g/mol. The zero-order valence-corrected chi connectivity index (χ0v) is 14.6. The van der Waals surface area contributed by atoms with Gasteiger partial charge in [0.25, 0.3) is 0 Å². The molecule has 0 saturated carbocycles. The molecule has 24 heavy (non-hydrogen) atoms. The topological polar surface area (TPSA) is 48.5 Å². The average Bonchev–Trinajstić information content (AvgIpc) is 3.33. The van der Waals surface area contributed by atoms with Gasteiger partial charge >= 0.3 is 6.03 Å². The molecule has 4 aliphatic heterocycles. The Kier molecular flexibility index (Phi) is 5.22. The Bertz CT molecular complexity index is 400. The molecule has 2 unspecified atom stereocenters. The van der Waals surface area contributed by atoms with Crippen LogP contribution in [0.4, 0.5) is 4.79 Å². The first-order valence-electron chi connectivity index (χ1n) is 9.49. The highest BCUT2D eigenvalue weighted by molar-refractivity contribution is 5.75. The summed E-state index contributed by atoms with van der Waals surface area (Å²) in [6.45, 7) is 10.9. The molecule has 0 aromatic carbocycles. The number of carbonyl (C=O) groups excluding carboxylic acids is 1. The number of rotatable bonds is 2. The molecule has 2 atom stereocenters. The maximum atomic E-state index is 12.9. The first-order chi connectivity index (χ1) is 11.8. The molecular formula is C17H30N4O3. The van der Waals surface area contributed by atoms with E-state index in [0.717, 1.165) is 91.6 Å². The van der Waals surface area contributed by atoms with Gasteiger partial charge in [-0.2, -0.15) is 0 Å². The van der Waals surface area contributed by atoms with Crippen LogP contribution in [0.25, 0.3) is 0 Å². The van der Waals surface area contributed by atoms with Crippen molar-refractivity contribution in [1.29, 1.82) is 0 Å². The van der Waals surface area contributed by atoms with E-state index in [9.17, 15) is 4.79 Å². The number of amides is 2. The molecule has 4 rings (SSSR count). The third-order valence-corrected chi connectivity index (χ3v) is 5.99. The number of likely N-dealkylation sites (tertiary alicyclic amines) is 2. The molecule has 4 fully saturated rings. The Morgan fingerprint density at radius 3 is 1.50 bits per heavy atom. The Morgan fingerprint density at radius 2 is 1.08 bits per heavy atom. The van der Waals surface area contributed by atoms with Gasteiger partial charge < -0.3 is 19.3 Å². The summed E-state index contributed by atoms with van der Waals surface area (Å²) in [5, 5.41) is 0. The van der Waals surface area contributed by atoms with Gasteiger partial charge in [0.2, 0.25) is 0 Å². The van der Waals surface area contributed by atoms with Gasteiger partial charge in [0.15, 0.2) is 0 Å². The van der Waals surface area contributed by atoms with E-state index in [1.54, 1.807) is 0 Å². The molecule has 0 spiro atoms. The van der Waals surface area contributed by atoms with Gasteiger partial charge in [-0.1, -0.05) is 0 Å². The standard InChI is InChI=1S/C17H30N4O3/c22-17(20-3-1-15(13-20)18-5-9-23-10-6-18)21-4-2-16(14-21)19-7-11-24-12-8-19/h15-16H,1-14H2. The van der Waals surface area contributed by atoms with Crippen molar-refractivity contribution in [2.45, 2.75) is 24.9 Å². The van der Waals surface area contributed by atoms with Crippen LogP contribution >= 0.6 is 0 Å². The van der Waals surface area contributed by atoms with Crippen molar-refractivity contribution < 1.29 is 14.3 Å². The molecule has 2 amide bonds. The van der Waals surface area contributed by atoms with Crippen LogP contribution in [-0.2, 0) is 9.47 Å². The van der Waals surface area contributed by atoms with E-state index >= 15 is 0 Å². The highest BCUT2D eigenvalue weighted by atomic mass is 16.5. The second-order valence-electron chi connectivity index (χ2n) is 7.36. The summed E-state index contributed by atoms with van der Waals surface area (Å²) in [5.41, 5.74) is 0. The van der Waals surface area contributed by atoms with Crippen LogP contribution in [0.5, 0.6) is 0 Å². The maximum absolute atomic E-state index is 12.9. The third kappa shape index (κ3) is 3.54. The summed E-state index contributed by atoms with van der Waals surface area (Å²) in [6, 6.07) is 1.30. The molecule has 0 N–H and O–H groups in total. The first kappa shape index (κ1) is 16.6. The number of morpholine rings is 2. The molecular weight excluding hydrogens is 308 g/mol. The SMILES string of the molecule is O=C(N1CCC(N2CCOCC2)C1)N1CCC(N2CCOCC2)C1. The molecule has 4 aliphatic rings. The van der Waals surface area contributed by atoms with Crippen LogP contribution in [-0.4, -0.2) is 117 Å². The quantitative estimate of drug-likeness (QED) is 0.705. The second kappa shape index (κ2) is 7.56. The minimum Gasteiger partial charge on any atom is -0.379 e. The monoisotopic (exact) mass is 338 g/mol. The van der Waals surface area contributed by atoms with Crippen LogP contribution in [0.1, 0.15) is 12.8 Å². The normalized spacial score (nSPS) is 33.3. The molecule has 7 nitrogen and oxygen atoms in total. The summed E-state index contributed by atoms with van der Waals surface area (Å²) >= 11 is 0. The smallest absolute Gasteiger partial charge is 0.320 e. The van der Waals surface area contributed by atoms with Gasteiger partial charge in [-0.3, -0.25) is 9.80 Å². The number of urea groups is 1. The van der Waals surface area contributed by atoms with Crippen LogP contribution in [0.3, 0.4) is 0 Å². The first-order valence-corrected chi connectivity index (χ1v) is 9.49. The van der Waals surface area contributed by atoms with E-state index in [-0.39, 0.29) is 6.03 Å². The minimum atomic E-state index is 0.251. The predicted octanol–water partition coefficient (Wildman–Crippen LogP) is -0.0806. The van der Waals surface area contributed by atoms with Crippen LogP contribution in [0, 0.1) is 0 Å². The number of hydrogen-bond acceptors (Lipinski definition) is 5. The van der Waals surface area contributed by atoms with Gasteiger partial charge in [0.05, 0.1) is 26.4 Å². The number of nitrogens with zero attached hydrogens (tertiary/aromatic N) is 4. The highest BCUT2D eigenvalue weighted by Crippen LogP contribution is 2.22. The van der Waals surface area contributed by atoms with Crippen molar-refractivity contribution in [3.8, 4) is 0 Å². The molecule has 136 valence electrons. The highest BCUT2D eigenvalue weighted by Gasteiger charge is 2.37. The summed E-state index contributed by atoms with van der Waals surface area (Å²) in [4.78, 5) is 22.0. The molecule has 0 radical (unpaired) electrons. The van der Waals surface area contributed by atoms with Crippen molar-refractivity contribution >= 4 is 6.03 Å². The molecule has 0 aromatic rings. The zero-order valence-electron chi connectivity index (χ0n) is 14.6. The molecule has 4 heterocycles. The van der Waals surface area contributed by atoms with E-state index in [2.05, 4.69) is 19.6 Å². The fourth-order valence-electron chi connectivity index (χ4n) is 4.51. The lowest BCUT2D eigenvalue weighted by molar-refractivity contribution is 0.0178. The zero-order chi connectivity index (χ0) is 16.4. The Morgan fingerprint density at radius 1 is 0.667 bits per heavy atom. The Hall–Kier alpha value is -0.890. The number of carbonyl (C=O) groups is 1. The summed E-state index contributed by atoms with van der Waals surface area (Å²) in [7, 11) is 0. The van der Waals surface area contributed by atoms with E-state index in [4.69, 9.17) is 9.47 Å². The second-order valence-corrected chi connectivity index (χ2v) is 7.36. The predicted molar refractivity (Wildman–Crippen MR) is 90.1 cm³/mol. The van der Waals surface area contributed by atoms with Gasteiger partial charge in [-0.15, -0.1) is 0 Å². The van der Waals surface area contributed by atoms with Gasteiger partial charge in [-0.05, 0) is 12.8 Å². The van der Waals surface area contributed by atoms with Crippen molar-refractivity contribution in [1.82, 2.24) is 19.6 Å². The van der Waals surface area contributed by atoms with Crippen molar-refractivity contribution in [2.75, 3.05) is 78.8 Å². The van der Waals surface area contributed by atoms with Crippen LogP contribution in [0.2, 0.25) is 0 Å². The largest absolute Gasteiger partial charge is 0.379 e. The Balaban J connectivity index is 1.27. The van der Waals surface area contributed by atoms with Gasteiger partial charge in [0, 0.05) is 64.4 Å². The third-order valence-electron chi connectivity index (χ3n) is 5.99. The molecule has 7 heteroatoms. The van der Waals surface area contributed by atoms with Crippen LogP contribution in [0.15, 0.2) is 0 Å². The minimum absolute atomic E-state index is 0.251. The number of ether oxygens (including phenoxy) is 2. The van der Waals surface area contributed by atoms with E-state index in [1.165, 1.54) is 0 Å². The lowest BCUT2D eigenvalue weighted by Crippen LogP contribution is -2.48. The fraction of sp³-hybridized carbons (Fsp3) is 0.941. The van der Waals surface area contributed by atoms with Crippen molar-refractivity contribution in [3.63, 3.8) is 0 Å². The van der Waals surface area contributed by atoms with Gasteiger partial charge in [0.1, 0.15) is 0 Å². The van der Waals surface area contributed by atoms with E-state index < -0.39 is 0 Å². The van der Waals surface area contributed by atoms with Crippen LogP contribution < -0.4 is 0 Å². The molecule has 4 saturated heterocycles. The van der Waals surface area contributed by atoms with Gasteiger partial charge in [-0.25, -0.2) is 4.79 Å². The van der Waals surface area contributed by atoms with E-state index in [0.29, 0.717) is 12.1 Å². The Labute approximate surface area is 144 Å². The summed E-state index contributed by atoms with van der Waals surface area (Å²) in [5.74, 6) is 0. The summed E-state index contributed by atoms with van der Waals surface area (Å²) < 4.78 is 10.9. The van der Waals surface area contributed by atoms with Crippen molar-refractivity contribution in [3.05, 3.63) is 0 Å². The summed E-state index contributed by atoms with van der Waals surface area (Å²) in [6.07, 6.45) is 2.21. The van der Waals surface area contributed by atoms with Crippen molar-refractivity contribution in [2.24, 2.45) is 0 Å². The lowest BCUT2D eigenvalue weighted by atomic mass is 10.2. The fourth-order valence-corrected chi connectivity index (χ4v) is 4.51. The number of hydrogen-bond donors (Lipinski definition) is 0. The molecule has 0 bridgehead atoms.